The number of rotatable bonds is 8. The van der Waals surface area contributed by atoms with Crippen molar-refractivity contribution in [3.05, 3.63) is 35.4 Å². The molecular formula is C20H29N3O3. The largest absolute Gasteiger partial charge is 0.354 e. The van der Waals surface area contributed by atoms with Crippen molar-refractivity contribution in [2.75, 3.05) is 13.1 Å². The van der Waals surface area contributed by atoms with Crippen LogP contribution in [0.25, 0.3) is 0 Å². The summed E-state index contributed by atoms with van der Waals surface area (Å²) in [5.41, 5.74) is 2.02. The van der Waals surface area contributed by atoms with Gasteiger partial charge in [-0.25, -0.2) is 0 Å². The molecule has 1 saturated carbocycles. The van der Waals surface area contributed by atoms with E-state index in [0.717, 1.165) is 36.8 Å². The third kappa shape index (κ3) is 6.50. The van der Waals surface area contributed by atoms with E-state index in [9.17, 15) is 14.4 Å². The Labute approximate surface area is 155 Å². The van der Waals surface area contributed by atoms with E-state index in [1.807, 2.05) is 31.2 Å². The Morgan fingerprint density at radius 1 is 1.04 bits per heavy atom. The minimum atomic E-state index is -0.360. The Balaban J connectivity index is 1.76. The van der Waals surface area contributed by atoms with Gasteiger partial charge in [-0.15, -0.1) is 0 Å². The molecule has 1 atom stereocenters. The molecule has 1 unspecified atom stereocenters. The van der Waals surface area contributed by atoms with Gasteiger partial charge in [0.15, 0.2) is 0 Å². The summed E-state index contributed by atoms with van der Waals surface area (Å²) in [5.74, 6) is -0.101. The first kappa shape index (κ1) is 19.9. The Bertz CT molecular complexity index is 622. The third-order valence-corrected chi connectivity index (χ3v) is 4.72. The zero-order chi connectivity index (χ0) is 18.9. The highest BCUT2D eigenvalue weighted by atomic mass is 16.2. The first-order valence-electron chi connectivity index (χ1n) is 9.34. The molecule has 3 N–H and O–H groups in total. The minimum absolute atomic E-state index is 0.0903. The van der Waals surface area contributed by atoms with Crippen molar-refractivity contribution < 1.29 is 14.4 Å². The molecule has 0 spiro atoms. The van der Waals surface area contributed by atoms with E-state index in [0.29, 0.717) is 13.1 Å². The molecule has 1 aliphatic rings. The highest BCUT2D eigenvalue weighted by Crippen LogP contribution is 2.24. The maximum atomic E-state index is 12.2. The zero-order valence-corrected chi connectivity index (χ0v) is 15.6. The molecular weight excluding hydrogens is 330 g/mol. The first-order valence-corrected chi connectivity index (χ1v) is 9.34. The molecule has 6 nitrogen and oxygen atoms in total. The number of carbonyl (C=O) groups excluding carboxylic acids is 3. The fraction of sp³-hybridized carbons (Fsp3) is 0.550. The van der Waals surface area contributed by atoms with Gasteiger partial charge in [-0.3, -0.25) is 14.4 Å². The standard InChI is InChI=1S/C20H29N3O3/c1-14-7-9-16(10-8-14)18(23-15(2)24)13-19(25)21-11-12-22-20(26)17-5-3-4-6-17/h7-10,17-18H,3-6,11-13H2,1-2H3,(H,21,25)(H,22,26)(H,23,24). The summed E-state index contributed by atoms with van der Waals surface area (Å²) < 4.78 is 0. The van der Waals surface area contributed by atoms with E-state index in [1.165, 1.54) is 6.92 Å². The van der Waals surface area contributed by atoms with Gasteiger partial charge in [-0.1, -0.05) is 42.7 Å². The monoisotopic (exact) mass is 359 g/mol. The second-order valence-electron chi connectivity index (χ2n) is 6.99. The molecule has 26 heavy (non-hydrogen) atoms. The average molecular weight is 359 g/mol. The maximum absolute atomic E-state index is 12.2. The number of hydrogen-bond donors (Lipinski definition) is 3. The van der Waals surface area contributed by atoms with Crippen LogP contribution in [0.4, 0.5) is 0 Å². The van der Waals surface area contributed by atoms with Gasteiger partial charge in [-0.05, 0) is 25.3 Å². The van der Waals surface area contributed by atoms with Crippen LogP contribution in [0.1, 0.15) is 56.2 Å². The van der Waals surface area contributed by atoms with E-state index in [-0.39, 0.29) is 36.1 Å². The summed E-state index contributed by atoms with van der Waals surface area (Å²) in [6.45, 7) is 4.25. The summed E-state index contributed by atoms with van der Waals surface area (Å²) in [7, 11) is 0. The highest BCUT2D eigenvalue weighted by molar-refractivity contribution is 5.80. The average Bonchev–Trinajstić information content (AvgIpc) is 3.13. The molecule has 1 aliphatic carbocycles. The molecule has 1 aromatic carbocycles. The van der Waals surface area contributed by atoms with Gasteiger partial charge in [-0.2, -0.15) is 0 Å². The molecule has 0 aromatic heterocycles. The second-order valence-corrected chi connectivity index (χ2v) is 6.99. The summed E-state index contributed by atoms with van der Waals surface area (Å²) in [6.07, 6.45) is 4.34. The third-order valence-electron chi connectivity index (χ3n) is 4.72. The molecule has 1 fully saturated rings. The Morgan fingerprint density at radius 3 is 2.27 bits per heavy atom. The number of nitrogens with one attached hydrogen (secondary N) is 3. The number of amides is 3. The van der Waals surface area contributed by atoms with Gasteiger partial charge < -0.3 is 16.0 Å². The van der Waals surface area contributed by atoms with Crippen LogP contribution in [0.15, 0.2) is 24.3 Å². The van der Waals surface area contributed by atoms with Crippen LogP contribution in [-0.2, 0) is 14.4 Å². The van der Waals surface area contributed by atoms with Crippen LogP contribution >= 0.6 is 0 Å². The van der Waals surface area contributed by atoms with Crippen LogP contribution in [0, 0.1) is 12.8 Å². The summed E-state index contributed by atoms with van der Waals surface area (Å²) in [6, 6.07) is 7.40. The van der Waals surface area contributed by atoms with Gasteiger partial charge in [0.1, 0.15) is 0 Å². The molecule has 0 aliphatic heterocycles. The van der Waals surface area contributed by atoms with Gasteiger partial charge in [0, 0.05) is 25.9 Å². The van der Waals surface area contributed by atoms with Crippen LogP contribution < -0.4 is 16.0 Å². The fourth-order valence-corrected chi connectivity index (χ4v) is 3.27. The van der Waals surface area contributed by atoms with E-state index >= 15 is 0 Å². The van der Waals surface area contributed by atoms with Gasteiger partial charge >= 0.3 is 0 Å². The van der Waals surface area contributed by atoms with Crippen molar-refractivity contribution >= 4 is 17.7 Å². The highest BCUT2D eigenvalue weighted by Gasteiger charge is 2.22. The maximum Gasteiger partial charge on any atom is 0.223 e. The predicted octanol–water partition coefficient (Wildman–Crippen LogP) is 1.98. The molecule has 3 amide bonds. The fourth-order valence-electron chi connectivity index (χ4n) is 3.27. The summed E-state index contributed by atoms with van der Waals surface area (Å²) >= 11 is 0. The number of benzene rings is 1. The smallest absolute Gasteiger partial charge is 0.223 e. The lowest BCUT2D eigenvalue weighted by atomic mass is 10.0. The molecule has 0 saturated heterocycles. The van der Waals surface area contributed by atoms with E-state index < -0.39 is 0 Å². The van der Waals surface area contributed by atoms with Crippen molar-refractivity contribution in [1.29, 1.82) is 0 Å². The minimum Gasteiger partial charge on any atom is -0.354 e. The predicted molar refractivity (Wildman–Crippen MR) is 100 cm³/mol. The zero-order valence-electron chi connectivity index (χ0n) is 15.6. The molecule has 2 rings (SSSR count). The molecule has 0 bridgehead atoms. The molecule has 0 radical (unpaired) electrons. The number of hydrogen-bond acceptors (Lipinski definition) is 3. The van der Waals surface area contributed by atoms with E-state index in [2.05, 4.69) is 16.0 Å². The van der Waals surface area contributed by atoms with Crippen LogP contribution in [0.3, 0.4) is 0 Å². The van der Waals surface area contributed by atoms with Crippen molar-refractivity contribution in [2.24, 2.45) is 5.92 Å². The lowest BCUT2D eigenvalue weighted by molar-refractivity contribution is -0.126. The first-order chi connectivity index (χ1) is 12.5. The van der Waals surface area contributed by atoms with Crippen molar-refractivity contribution in [3.63, 3.8) is 0 Å². The Kier molecular flexibility index (Phi) is 7.63. The Morgan fingerprint density at radius 2 is 1.65 bits per heavy atom. The number of carbonyl (C=O) groups is 3. The van der Waals surface area contributed by atoms with E-state index in [4.69, 9.17) is 0 Å². The topological polar surface area (TPSA) is 87.3 Å². The van der Waals surface area contributed by atoms with Crippen molar-refractivity contribution in [2.45, 2.75) is 52.0 Å². The van der Waals surface area contributed by atoms with Gasteiger partial charge in [0.25, 0.3) is 0 Å². The molecule has 142 valence electrons. The summed E-state index contributed by atoms with van der Waals surface area (Å²) in [4.78, 5) is 35.6. The summed E-state index contributed by atoms with van der Waals surface area (Å²) in [5, 5.41) is 8.51. The number of aryl methyl sites for hydroxylation is 1. The van der Waals surface area contributed by atoms with Crippen LogP contribution in [-0.4, -0.2) is 30.8 Å². The van der Waals surface area contributed by atoms with Crippen LogP contribution in [0.5, 0.6) is 0 Å². The Hall–Kier alpha value is -2.37. The lowest BCUT2D eigenvalue weighted by Crippen LogP contribution is -2.38. The normalized spacial score (nSPS) is 15.3. The van der Waals surface area contributed by atoms with Gasteiger partial charge in [0.2, 0.25) is 17.7 Å². The molecule has 1 aromatic rings. The van der Waals surface area contributed by atoms with E-state index in [1.54, 1.807) is 0 Å². The van der Waals surface area contributed by atoms with Gasteiger partial charge in [0.05, 0.1) is 12.5 Å². The van der Waals surface area contributed by atoms with Crippen molar-refractivity contribution in [3.8, 4) is 0 Å². The molecule has 0 heterocycles. The van der Waals surface area contributed by atoms with Crippen LogP contribution in [0.2, 0.25) is 0 Å². The molecule has 6 heteroatoms. The quantitative estimate of drug-likeness (QED) is 0.620. The SMILES string of the molecule is CC(=O)NC(CC(=O)NCCNC(=O)C1CCCC1)c1ccc(C)cc1. The second kappa shape index (κ2) is 9.94. The lowest BCUT2D eigenvalue weighted by Gasteiger charge is -2.18. The van der Waals surface area contributed by atoms with Crippen molar-refractivity contribution in [1.82, 2.24) is 16.0 Å².